The van der Waals surface area contributed by atoms with Crippen molar-refractivity contribution < 1.29 is 0 Å². The number of aromatic nitrogens is 4. The van der Waals surface area contributed by atoms with Crippen molar-refractivity contribution in [2.75, 3.05) is 0 Å². The van der Waals surface area contributed by atoms with E-state index in [4.69, 9.17) is 4.98 Å². The summed E-state index contributed by atoms with van der Waals surface area (Å²) in [4.78, 5) is 18.2. The molecule has 0 saturated carbocycles. The van der Waals surface area contributed by atoms with E-state index in [2.05, 4.69) is 46.8 Å². The Bertz CT molecular complexity index is 976. The molecule has 0 aliphatic rings. The van der Waals surface area contributed by atoms with Crippen molar-refractivity contribution in [2.45, 2.75) is 0 Å². The highest BCUT2D eigenvalue weighted by Crippen LogP contribution is 2.28. The molecule has 0 aliphatic carbocycles. The molecule has 4 aromatic rings. The fourth-order valence-corrected chi connectivity index (χ4v) is 3.82. The summed E-state index contributed by atoms with van der Waals surface area (Å²) in [7, 11) is 0. The van der Waals surface area contributed by atoms with Gasteiger partial charge < -0.3 is 0 Å². The van der Waals surface area contributed by atoms with Gasteiger partial charge in [0.25, 0.3) is 0 Å². The number of hydrogen-bond acceptors (Lipinski definition) is 4. The van der Waals surface area contributed by atoms with E-state index < -0.39 is 0 Å². The average molecular weight is 468 g/mol. The van der Waals surface area contributed by atoms with Gasteiger partial charge >= 0.3 is 0 Å². The van der Waals surface area contributed by atoms with Gasteiger partial charge in [-0.25, -0.2) is 15.0 Å². The SMILES string of the molecule is Brc1cc(Br)cc(-c2nc(-c3ccccc3)nc(-c3cccnc3)n2)c1. The van der Waals surface area contributed by atoms with Crippen molar-refractivity contribution in [1.82, 2.24) is 19.9 Å². The monoisotopic (exact) mass is 466 g/mol. The third kappa shape index (κ3) is 3.71. The maximum atomic E-state index is 4.70. The van der Waals surface area contributed by atoms with E-state index in [9.17, 15) is 0 Å². The first kappa shape index (κ1) is 17.0. The van der Waals surface area contributed by atoms with Gasteiger partial charge in [-0.3, -0.25) is 4.98 Å². The topological polar surface area (TPSA) is 51.6 Å². The number of nitrogens with zero attached hydrogens (tertiary/aromatic N) is 4. The van der Waals surface area contributed by atoms with E-state index in [1.807, 2.05) is 60.7 Å². The lowest BCUT2D eigenvalue weighted by molar-refractivity contribution is 1.07. The highest BCUT2D eigenvalue weighted by molar-refractivity contribution is 9.11. The van der Waals surface area contributed by atoms with Crippen LogP contribution in [0.25, 0.3) is 34.2 Å². The second kappa shape index (κ2) is 7.43. The van der Waals surface area contributed by atoms with Gasteiger partial charge in [-0.1, -0.05) is 62.2 Å². The Labute approximate surface area is 167 Å². The van der Waals surface area contributed by atoms with Crippen LogP contribution in [0.5, 0.6) is 0 Å². The smallest absolute Gasteiger partial charge is 0.165 e. The lowest BCUT2D eigenvalue weighted by atomic mass is 10.1. The van der Waals surface area contributed by atoms with Crippen molar-refractivity contribution in [3.63, 3.8) is 0 Å². The second-order valence-electron chi connectivity index (χ2n) is 5.57. The number of hydrogen-bond donors (Lipinski definition) is 0. The van der Waals surface area contributed by atoms with Gasteiger partial charge in [0.1, 0.15) is 0 Å². The quantitative estimate of drug-likeness (QED) is 0.382. The van der Waals surface area contributed by atoms with E-state index in [0.29, 0.717) is 17.5 Å². The molecule has 2 aromatic heterocycles. The van der Waals surface area contributed by atoms with Crippen LogP contribution < -0.4 is 0 Å². The first-order valence-electron chi connectivity index (χ1n) is 7.87. The molecule has 2 heterocycles. The third-order valence-corrected chi connectivity index (χ3v) is 4.62. The van der Waals surface area contributed by atoms with E-state index in [1.165, 1.54) is 0 Å². The highest BCUT2D eigenvalue weighted by Gasteiger charge is 2.12. The molecule has 0 radical (unpaired) electrons. The van der Waals surface area contributed by atoms with Gasteiger partial charge in [0.05, 0.1) is 0 Å². The Morgan fingerprint density at radius 2 is 1.15 bits per heavy atom. The zero-order valence-electron chi connectivity index (χ0n) is 13.5. The molecule has 0 atom stereocenters. The van der Waals surface area contributed by atoms with Gasteiger partial charge in [-0.05, 0) is 30.3 Å². The molecular weight excluding hydrogens is 456 g/mol. The van der Waals surface area contributed by atoms with Gasteiger partial charge in [0.15, 0.2) is 17.5 Å². The first-order chi connectivity index (χ1) is 12.7. The lowest BCUT2D eigenvalue weighted by Gasteiger charge is -2.08. The Kier molecular flexibility index (Phi) is 4.86. The van der Waals surface area contributed by atoms with Crippen molar-refractivity contribution in [3.8, 4) is 34.2 Å². The van der Waals surface area contributed by atoms with Crippen LogP contribution in [-0.4, -0.2) is 19.9 Å². The van der Waals surface area contributed by atoms with Crippen LogP contribution in [0.15, 0.2) is 82.0 Å². The van der Waals surface area contributed by atoms with E-state index in [-0.39, 0.29) is 0 Å². The van der Waals surface area contributed by atoms with Crippen LogP contribution in [0.3, 0.4) is 0 Å². The van der Waals surface area contributed by atoms with Crippen LogP contribution in [0.2, 0.25) is 0 Å². The standard InChI is InChI=1S/C20H12Br2N4/c21-16-9-15(10-17(22)11-16)20-25-18(13-5-2-1-3-6-13)24-19(26-20)14-7-4-8-23-12-14/h1-12H. The molecule has 0 saturated heterocycles. The fraction of sp³-hybridized carbons (Fsp3) is 0. The molecule has 0 amide bonds. The highest BCUT2D eigenvalue weighted by atomic mass is 79.9. The lowest BCUT2D eigenvalue weighted by Crippen LogP contribution is -2.00. The minimum atomic E-state index is 0.595. The Hall–Kier alpha value is -2.44. The molecule has 6 heteroatoms. The minimum Gasteiger partial charge on any atom is -0.264 e. The molecule has 2 aromatic carbocycles. The minimum absolute atomic E-state index is 0.595. The predicted molar refractivity (Wildman–Crippen MR) is 109 cm³/mol. The molecule has 26 heavy (non-hydrogen) atoms. The maximum Gasteiger partial charge on any atom is 0.165 e. The van der Waals surface area contributed by atoms with Crippen LogP contribution in [0, 0.1) is 0 Å². The van der Waals surface area contributed by atoms with Crippen LogP contribution >= 0.6 is 31.9 Å². The van der Waals surface area contributed by atoms with Crippen LogP contribution in [-0.2, 0) is 0 Å². The number of halogens is 2. The summed E-state index contributed by atoms with van der Waals surface area (Å²) < 4.78 is 1.90. The van der Waals surface area contributed by atoms with Crippen molar-refractivity contribution in [1.29, 1.82) is 0 Å². The molecule has 0 unspecified atom stereocenters. The molecular formula is C20H12Br2N4. The Morgan fingerprint density at radius 1 is 0.577 bits per heavy atom. The summed E-state index contributed by atoms with van der Waals surface area (Å²) >= 11 is 7.05. The molecule has 0 bridgehead atoms. The van der Waals surface area contributed by atoms with Gasteiger partial charge in [0, 0.05) is 38.0 Å². The number of pyridine rings is 1. The molecule has 0 aliphatic heterocycles. The average Bonchev–Trinajstić information content (AvgIpc) is 2.68. The molecule has 4 rings (SSSR count). The number of rotatable bonds is 3. The summed E-state index contributed by atoms with van der Waals surface area (Å²) in [5, 5.41) is 0. The molecule has 126 valence electrons. The molecule has 0 fully saturated rings. The largest absolute Gasteiger partial charge is 0.264 e. The summed E-state index contributed by atoms with van der Waals surface area (Å²) in [5.41, 5.74) is 2.69. The summed E-state index contributed by atoms with van der Waals surface area (Å²) in [6.45, 7) is 0. The zero-order chi connectivity index (χ0) is 17.9. The van der Waals surface area contributed by atoms with Gasteiger partial charge in [0.2, 0.25) is 0 Å². The van der Waals surface area contributed by atoms with Crippen molar-refractivity contribution in [2.24, 2.45) is 0 Å². The van der Waals surface area contributed by atoms with Crippen LogP contribution in [0.4, 0.5) is 0 Å². The van der Waals surface area contributed by atoms with Crippen molar-refractivity contribution >= 4 is 31.9 Å². The molecule has 4 nitrogen and oxygen atoms in total. The van der Waals surface area contributed by atoms with Crippen LogP contribution in [0.1, 0.15) is 0 Å². The summed E-state index contributed by atoms with van der Waals surface area (Å²) in [6.07, 6.45) is 3.49. The van der Waals surface area contributed by atoms with E-state index in [0.717, 1.165) is 25.6 Å². The first-order valence-corrected chi connectivity index (χ1v) is 9.46. The molecule has 0 spiro atoms. The van der Waals surface area contributed by atoms with E-state index in [1.54, 1.807) is 12.4 Å². The Balaban J connectivity index is 1.93. The maximum absolute atomic E-state index is 4.70. The number of benzene rings is 2. The predicted octanol–water partition coefficient (Wildman–Crippen LogP) is 5.79. The van der Waals surface area contributed by atoms with Gasteiger partial charge in [-0.2, -0.15) is 0 Å². The summed E-state index contributed by atoms with van der Waals surface area (Å²) in [6, 6.07) is 19.7. The fourth-order valence-electron chi connectivity index (χ4n) is 2.53. The van der Waals surface area contributed by atoms with Crippen molar-refractivity contribution in [3.05, 3.63) is 82.0 Å². The summed E-state index contributed by atoms with van der Waals surface area (Å²) in [5.74, 6) is 1.84. The molecule has 0 N–H and O–H groups in total. The van der Waals surface area contributed by atoms with E-state index >= 15 is 0 Å². The zero-order valence-corrected chi connectivity index (χ0v) is 16.6. The normalized spacial score (nSPS) is 10.7. The second-order valence-corrected chi connectivity index (χ2v) is 7.40. The Morgan fingerprint density at radius 3 is 1.77 bits per heavy atom. The third-order valence-electron chi connectivity index (χ3n) is 3.71. The van der Waals surface area contributed by atoms with Gasteiger partial charge in [-0.15, -0.1) is 0 Å².